The number of rotatable bonds is 3. The molecule has 0 aliphatic carbocycles. The third-order valence-electron chi connectivity index (χ3n) is 3.21. The van der Waals surface area contributed by atoms with E-state index in [-0.39, 0.29) is 0 Å². The first kappa shape index (κ1) is 12.3. The van der Waals surface area contributed by atoms with E-state index >= 15 is 0 Å². The van der Waals surface area contributed by atoms with Crippen LogP contribution < -0.4 is 10.2 Å². The maximum atomic E-state index is 5.38. The van der Waals surface area contributed by atoms with E-state index in [0.717, 1.165) is 31.4 Å². The molecule has 0 bridgehead atoms. The largest absolute Gasteiger partial charge is 0.371 e. The quantitative estimate of drug-likeness (QED) is 0.803. The predicted octanol–water partition coefficient (Wildman–Crippen LogP) is 0.484. The number of piperazine rings is 1. The summed E-state index contributed by atoms with van der Waals surface area (Å²) < 4.78 is 5.38. The first-order chi connectivity index (χ1) is 8.03. The van der Waals surface area contributed by atoms with Gasteiger partial charge >= 0.3 is 0 Å². The molecule has 6 nitrogen and oxygen atoms in total. The number of nitrogens with one attached hydrogen (secondary N) is 2. The normalized spacial score (nSPS) is 21.9. The van der Waals surface area contributed by atoms with Gasteiger partial charge in [-0.2, -0.15) is 4.98 Å². The van der Waals surface area contributed by atoms with E-state index in [1.54, 1.807) is 7.11 Å². The SMILES string of the molecule is COC(C)(C)c1nc(N2CCNC(C)C2)n[nH]1. The summed E-state index contributed by atoms with van der Waals surface area (Å²) in [4.78, 5) is 6.70. The van der Waals surface area contributed by atoms with Crippen LogP contribution in [0.5, 0.6) is 0 Å². The van der Waals surface area contributed by atoms with Crippen LogP contribution in [0.4, 0.5) is 5.95 Å². The third-order valence-corrected chi connectivity index (χ3v) is 3.21. The zero-order valence-corrected chi connectivity index (χ0v) is 10.9. The van der Waals surface area contributed by atoms with E-state index in [9.17, 15) is 0 Å². The van der Waals surface area contributed by atoms with Crippen LogP contribution in [0, 0.1) is 0 Å². The van der Waals surface area contributed by atoms with E-state index in [0.29, 0.717) is 6.04 Å². The van der Waals surface area contributed by atoms with Crippen molar-refractivity contribution in [1.29, 1.82) is 0 Å². The predicted molar refractivity (Wildman–Crippen MR) is 66.1 cm³/mol. The highest BCUT2D eigenvalue weighted by Gasteiger charge is 2.26. The molecule has 6 heteroatoms. The second kappa shape index (κ2) is 4.62. The number of aromatic amines is 1. The standard InChI is InChI=1S/C11H21N5O/c1-8-7-16(6-5-12-8)10-13-9(14-15-10)11(2,3)17-4/h8,12H,5-7H2,1-4H3,(H,13,14,15). The molecular weight excluding hydrogens is 218 g/mol. The number of anilines is 1. The Morgan fingerprint density at radius 2 is 2.24 bits per heavy atom. The second-order valence-corrected chi connectivity index (χ2v) is 5.00. The molecule has 1 fully saturated rings. The fourth-order valence-corrected chi connectivity index (χ4v) is 1.87. The minimum Gasteiger partial charge on any atom is -0.371 e. The Hall–Kier alpha value is -1.14. The molecule has 1 atom stereocenters. The fraction of sp³-hybridized carbons (Fsp3) is 0.818. The summed E-state index contributed by atoms with van der Waals surface area (Å²) in [6, 6.07) is 0.473. The molecule has 17 heavy (non-hydrogen) atoms. The van der Waals surface area contributed by atoms with Crippen molar-refractivity contribution in [2.45, 2.75) is 32.4 Å². The van der Waals surface area contributed by atoms with Crippen molar-refractivity contribution >= 4 is 5.95 Å². The molecular formula is C11H21N5O. The molecule has 1 aliphatic heterocycles. The van der Waals surface area contributed by atoms with Crippen molar-refractivity contribution in [3.63, 3.8) is 0 Å². The van der Waals surface area contributed by atoms with Crippen LogP contribution in [0.15, 0.2) is 0 Å². The molecule has 1 saturated heterocycles. The molecule has 2 rings (SSSR count). The molecule has 1 aromatic rings. The summed E-state index contributed by atoms with van der Waals surface area (Å²) in [5.41, 5.74) is -0.426. The molecule has 0 spiro atoms. The molecule has 2 heterocycles. The van der Waals surface area contributed by atoms with Crippen molar-refractivity contribution in [3.8, 4) is 0 Å². The van der Waals surface area contributed by atoms with Gasteiger partial charge < -0.3 is 15.0 Å². The van der Waals surface area contributed by atoms with Gasteiger partial charge in [0.2, 0.25) is 5.95 Å². The Kier molecular flexibility index (Phi) is 3.35. The van der Waals surface area contributed by atoms with Gasteiger partial charge in [0.25, 0.3) is 0 Å². The van der Waals surface area contributed by atoms with Crippen LogP contribution in [0.2, 0.25) is 0 Å². The highest BCUT2D eigenvalue weighted by Crippen LogP contribution is 2.21. The molecule has 0 amide bonds. The molecule has 1 aliphatic rings. The second-order valence-electron chi connectivity index (χ2n) is 5.00. The first-order valence-corrected chi connectivity index (χ1v) is 5.99. The Morgan fingerprint density at radius 3 is 2.88 bits per heavy atom. The number of aromatic nitrogens is 3. The van der Waals surface area contributed by atoms with E-state index in [2.05, 4.69) is 32.3 Å². The van der Waals surface area contributed by atoms with Crippen LogP contribution in [-0.2, 0) is 10.3 Å². The van der Waals surface area contributed by atoms with Gasteiger partial charge in [-0.1, -0.05) is 0 Å². The van der Waals surface area contributed by atoms with Crippen molar-refractivity contribution in [1.82, 2.24) is 20.5 Å². The number of H-pyrrole nitrogens is 1. The molecule has 96 valence electrons. The lowest BCUT2D eigenvalue weighted by atomic mass is 10.1. The summed E-state index contributed by atoms with van der Waals surface area (Å²) in [7, 11) is 1.68. The Labute approximate surface area is 102 Å². The van der Waals surface area contributed by atoms with E-state index in [1.165, 1.54) is 0 Å². The van der Waals surface area contributed by atoms with Gasteiger partial charge in [-0.15, -0.1) is 5.10 Å². The number of nitrogens with zero attached hydrogens (tertiary/aromatic N) is 3. The number of ether oxygens (including phenoxy) is 1. The topological polar surface area (TPSA) is 66.1 Å². The van der Waals surface area contributed by atoms with Crippen molar-refractivity contribution < 1.29 is 4.74 Å². The minimum absolute atomic E-state index is 0.426. The zero-order valence-electron chi connectivity index (χ0n) is 10.9. The summed E-state index contributed by atoms with van der Waals surface area (Å²) in [5.74, 6) is 1.53. The zero-order chi connectivity index (χ0) is 12.5. The number of hydrogen-bond donors (Lipinski definition) is 2. The van der Waals surface area contributed by atoms with E-state index in [1.807, 2.05) is 13.8 Å². The summed E-state index contributed by atoms with van der Waals surface area (Å²) >= 11 is 0. The maximum Gasteiger partial charge on any atom is 0.244 e. The molecule has 0 aromatic carbocycles. The summed E-state index contributed by atoms with van der Waals surface area (Å²) in [5, 5.41) is 10.6. The highest BCUT2D eigenvalue weighted by atomic mass is 16.5. The fourth-order valence-electron chi connectivity index (χ4n) is 1.87. The molecule has 2 N–H and O–H groups in total. The average molecular weight is 239 g/mol. The van der Waals surface area contributed by atoms with E-state index in [4.69, 9.17) is 4.74 Å². The van der Waals surface area contributed by atoms with Crippen LogP contribution in [-0.4, -0.2) is 48.0 Å². The molecule has 0 saturated carbocycles. The third kappa shape index (κ3) is 2.58. The van der Waals surface area contributed by atoms with Crippen LogP contribution in [0.25, 0.3) is 0 Å². The lowest BCUT2D eigenvalue weighted by Crippen LogP contribution is -2.49. The Balaban J connectivity index is 2.12. The molecule has 1 unspecified atom stereocenters. The number of hydrogen-bond acceptors (Lipinski definition) is 5. The van der Waals surface area contributed by atoms with Gasteiger partial charge in [-0.25, -0.2) is 0 Å². The average Bonchev–Trinajstić information content (AvgIpc) is 2.79. The monoisotopic (exact) mass is 239 g/mol. The Bertz CT molecular complexity index is 376. The minimum atomic E-state index is -0.426. The van der Waals surface area contributed by atoms with Gasteiger partial charge in [-0.3, -0.25) is 5.10 Å². The summed E-state index contributed by atoms with van der Waals surface area (Å²) in [6.45, 7) is 8.95. The number of methoxy groups -OCH3 is 1. The van der Waals surface area contributed by atoms with Gasteiger partial charge in [0.05, 0.1) is 0 Å². The maximum absolute atomic E-state index is 5.38. The van der Waals surface area contributed by atoms with E-state index < -0.39 is 5.60 Å². The van der Waals surface area contributed by atoms with Crippen LogP contribution in [0.1, 0.15) is 26.6 Å². The highest BCUT2D eigenvalue weighted by molar-refractivity contribution is 5.30. The van der Waals surface area contributed by atoms with Crippen molar-refractivity contribution in [2.75, 3.05) is 31.6 Å². The van der Waals surface area contributed by atoms with Crippen LogP contribution >= 0.6 is 0 Å². The van der Waals surface area contributed by atoms with Crippen molar-refractivity contribution in [3.05, 3.63) is 5.82 Å². The van der Waals surface area contributed by atoms with Gasteiger partial charge in [-0.05, 0) is 20.8 Å². The smallest absolute Gasteiger partial charge is 0.244 e. The van der Waals surface area contributed by atoms with Crippen LogP contribution in [0.3, 0.4) is 0 Å². The van der Waals surface area contributed by atoms with Crippen molar-refractivity contribution in [2.24, 2.45) is 0 Å². The van der Waals surface area contributed by atoms with Gasteiger partial charge in [0.15, 0.2) is 5.82 Å². The molecule has 1 aromatic heterocycles. The lowest BCUT2D eigenvalue weighted by molar-refractivity contribution is 0.0118. The van der Waals surface area contributed by atoms with Gasteiger partial charge in [0.1, 0.15) is 5.60 Å². The summed E-state index contributed by atoms with van der Waals surface area (Å²) in [6.07, 6.45) is 0. The van der Waals surface area contributed by atoms with Gasteiger partial charge in [0, 0.05) is 32.8 Å². The molecule has 0 radical (unpaired) electrons. The first-order valence-electron chi connectivity index (χ1n) is 5.99. The Morgan fingerprint density at radius 1 is 1.47 bits per heavy atom. The lowest BCUT2D eigenvalue weighted by Gasteiger charge is -2.30.